The minimum atomic E-state index is -0.875. The number of amides is 1. The van der Waals surface area contributed by atoms with Crippen LogP contribution in [-0.4, -0.2) is 17.4 Å². The van der Waals surface area contributed by atoms with Crippen LogP contribution in [0, 0.1) is 21.3 Å². The fourth-order valence-electron chi connectivity index (χ4n) is 1.50. The molecular weight excluding hydrogens is 265 g/mol. The van der Waals surface area contributed by atoms with Crippen molar-refractivity contribution in [1.82, 2.24) is 5.32 Å². The first-order valence-electron chi connectivity index (χ1n) is 6.20. The minimum absolute atomic E-state index is 0.151. The normalized spacial score (nSPS) is 11.2. The lowest BCUT2D eigenvalue weighted by atomic mass is 9.90. The summed E-state index contributed by atoms with van der Waals surface area (Å²) in [5, 5.41) is 13.3. The van der Waals surface area contributed by atoms with Gasteiger partial charge in [-0.15, -0.1) is 0 Å². The van der Waals surface area contributed by atoms with Crippen molar-refractivity contribution in [2.24, 2.45) is 5.41 Å². The van der Waals surface area contributed by atoms with Crippen LogP contribution in [0.2, 0.25) is 0 Å². The second-order valence-electron chi connectivity index (χ2n) is 5.31. The minimum Gasteiger partial charge on any atom is -0.392 e. The summed E-state index contributed by atoms with van der Waals surface area (Å²) in [6, 6.07) is 1.81. The van der Waals surface area contributed by atoms with Crippen LogP contribution in [0.5, 0.6) is 0 Å². The Morgan fingerprint density at radius 1 is 1.50 bits per heavy atom. The van der Waals surface area contributed by atoms with E-state index in [-0.39, 0.29) is 5.41 Å². The molecule has 0 saturated carbocycles. The Balaban J connectivity index is 3.04. The van der Waals surface area contributed by atoms with E-state index < -0.39 is 33.6 Å². The fourth-order valence-corrected chi connectivity index (χ4v) is 1.50. The van der Waals surface area contributed by atoms with Crippen molar-refractivity contribution in [2.45, 2.75) is 27.2 Å². The van der Waals surface area contributed by atoms with E-state index in [0.29, 0.717) is 6.54 Å². The molecule has 7 heteroatoms. The molecule has 0 aliphatic carbocycles. The molecule has 0 aliphatic rings. The molecular formula is C13H18FN3O3. The summed E-state index contributed by atoms with van der Waals surface area (Å²) in [5.41, 5.74) is 3.95. The maximum atomic E-state index is 13.7. The summed E-state index contributed by atoms with van der Waals surface area (Å²) in [7, 11) is 0. The third-order valence-corrected chi connectivity index (χ3v) is 3.28. The molecule has 0 saturated heterocycles. The maximum Gasteiger partial charge on any atom is 0.293 e. The van der Waals surface area contributed by atoms with Gasteiger partial charge in [-0.25, -0.2) is 4.39 Å². The zero-order valence-electron chi connectivity index (χ0n) is 11.7. The van der Waals surface area contributed by atoms with Crippen LogP contribution < -0.4 is 11.1 Å². The van der Waals surface area contributed by atoms with Crippen molar-refractivity contribution in [1.29, 1.82) is 0 Å². The van der Waals surface area contributed by atoms with Gasteiger partial charge < -0.3 is 11.1 Å². The molecule has 0 atom stereocenters. The second kappa shape index (κ2) is 5.85. The molecule has 1 aromatic carbocycles. The van der Waals surface area contributed by atoms with E-state index in [4.69, 9.17) is 5.73 Å². The van der Waals surface area contributed by atoms with Gasteiger partial charge in [-0.05, 0) is 17.9 Å². The van der Waals surface area contributed by atoms with Crippen molar-refractivity contribution < 1.29 is 14.1 Å². The molecule has 0 spiro atoms. The summed E-state index contributed by atoms with van der Waals surface area (Å²) in [6.45, 7) is 6.18. The molecule has 20 heavy (non-hydrogen) atoms. The summed E-state index contributed by atoms with van der Waals surface area (Å²) < 4.78 is 13.7. The van der Waals surface area contributed by atoms with E-state index in [1.54, 1.807) is 0 Å². The van der Waals surface area contributed by atoms with E-state index in [9.17, 15) is 19.3 Å². The Bertz CT molecular complexity index is 544. The first-order chi connectivity index (χ1) is 9.19. The Morgan fingerprint density at radius 3 is 2.60 bits per heavy atom. The van der Waals surface area contributed by atoms with Crippen LogP contribution in [0.25, 0.3) is 0 Å². The zero-order chi connectivity index (χ0) is 15.5. The van der Waals surface area contributed by atoms with Gasteiger partial charge in [-0.2, -0.15) is 0 Å². The van der Waals surface area contributed by atoms with Gasteiger partial charge in [0.05, 0.1) is 4.92 Å². The first-order valence-corrected chi connectivity index (χ1v) is 6.20. The summed E-state index contributed by atoms with van der Waals surface area (Å²) >= 11 is 0. The highest BCUT2D eigenvalue weighted by molar-refractivity contribution is 6.01. The van der Waals surface area contributed by atoms with Crippen LogP contribution in [0.4, 0.5) is 15.8 Å². The molecule has 3 N–H and O–H groups in total. The second-order valence-corrected chi connectivity index (χ2v) is 5.31. The number of carbonyl (C=O) groups is 1. The van der Waals surface area contributed by atoms with Crippen molar-refractivity contribution >= 4 is 17.3 Å². The molecule has 0 aliphatic heterocycles. The summed E-state index contributed by atoms with van der Waals surface area (Å²) in [6.07, 6.45) is 0.820. The standard InChI is InChI=1S/C13H18FN3O3/c1-4-13(2,3)7-16-12(18)10-8(14)5-6-9(11(10)15)17(19)20/h5-6H,4,7,15H2,1-3H3,(H,16,18). The quantitative estimate of drug-likeness (QED) is 0.492. The lowest BCUT2D eigenvalue weighted by Crippen LogP contribution is -2.34. The number of nitrogens with one attached hydrogen (secondary N) is 1. The van der Waals surface area contributed by atoms with Crippen molar-refractivity contribution in [3.8, 4) is 0 Å². The number of halogens is 1. The van der Waals surface area contributed by atoms with Gasteiger partial charge >= 0.3 is 0 Å². The molecule has 0 aromatic heterocycles. The van der Waals surface area contributed by atoms with Crippen LogP contribution in [-0.2, 0) is 0 Å². The molecule has 0 radical (unpaired) electrons. The number of nitrogens with zero attached hydrogens (tertiary/aromatic N) is 1. The van der Waals surface area contributed by atoms with E-state index in [2.05, 4.69) is 5.32 Å². The van der Waals surface area contributed by atoms with Crippen LogP contribution >= 0.6 is 0 Å². The lowest BCUT2D eigenvalue weighted by Gasteiger charge is -2.23. The number of nitro groups is 1. The van der Waals surface area contributed by atoms with Crippen molar-refractivity contribution in [3.63, 3.8) is 0 Å². The van der Waals surface area contributed by atoms with Crippen molar-refractivity contribution in [3.05, 3.63) is 33.6 Å². The lowest BCUT2D eigenvalue weighted by molar-refractivity contribution is -0.384. The highest BCUT2D eigenvalue weighted by Crippen LogP contribution is 2.27. The molecule has 1 aromatic rings. The monoisotopic (exact) mass is 283 g/mol. The third-order valence-electron chi connectivity index (χ3n) is 3.28. The number of nitrogens with two attached hydrogens (primary N) is 1. The molecule has 0 fully saturated rings. The van der Waals surface area contributed by atoms with E-state index >= 15 is 0 Å². The van der Waals surface area contributed by atoms with E-state index in [1.807, 2.05) is 20.8 Å². The predicted octanol–water partition coefficient (Wildman–Crippen LogP) is 2.48. The number of nitrogen functional groups attached to an aromatic ring is 1. The average molecular weight is 283 g/mol. The van der Waals surface area contributed by atoms with Gasteiger partial charge in [0, 0.05) is 12.6 Å². The Labute approximate surface area is 116 Å². The molecule has 110 valence electrons. The van der Waals surface area contributed by atoms with Gasteiger partial charge in [-0.3, -0.25) is 14.9 Å². The number of nitro benzene ring substituents is 1. The summed E-state index contributed by atoms with van der Waals surface area (Å²) in [4.78, 5) is 22.0. The molecule has 0 bridgehead atoms. The number of hydrogen-bond donors (Lipinski definition) is 2. The maximum absolute atomic E-state index is 13.7. The Kier molecular flexibility index (Phi) is 4.65. The smallest absolute Gasteiger partial charge is 0.293 e. The fraction of sp³-hybridized carbons (Fsp3) is 0.462. The van der Waals surface area contributed by atoms with E-state index in [0.717, 1.165) is 18.6 Å². The van der Waals surface area contributed by atoms with Crippen LogP contribution in [0.1, 0.15) is 37.6 Å². The highest BCUT2D eigenvalue weighted by atomic mass is 19.1. The third kappa shape index (κ3) is 3.43. The molecule has 0 heterocycles. The topological polar surface area (TPSA) is 98.3 Å². The van der Waals surface area contributed by atoms with Crippen LogP contribution in [0.15, 0.2) is 12.1 Å². The highest BCUT2D eigenvalue weighted by Gasteiger charge is 2.25. The molecule has 0 unspecified atom stereocenters. The SMILES string of the molecule is CCC(C)(C)CNC(=O)c1c(F)ccc([N+](=O)[O-])c1N. The Hall–Kier alpha value is -2.18. The average Bonchev–Trinajstić information content (AvgIpc) is 2.36. The van der Waals surface area contributed by atoms with Gasteiger partial charge in [0.15, 0.2) is 0 Å². The molecule has 1 amide bonds. The first kappa shape index (κ1) is 15.9. The van der Waals surface area contributed by atoms with Gasteiger partial charge in [0.1, 0.15) is 17.1 Å². The zero-order valence-corrected chi connectivity index (χ0v) is 11.7. The predicted molar refractivity (Wildman–Crippen MR) is 73.9 cm³/mol. The van der Waals surface area contributed by atoms with Gasteiger partial charge in [0.2, 0.25) is 0 Å². The van der Waals surface area contributed by atoms with Gasteiger partial charge in [0.25, 0.3) is 11.6 Å². The largest absolute Gasteiger partial charge is 0.392 e. The summed E-state index contributed by atoms with van der Waals surface area (Å²) in [5.74, 6) is -1.62. The number of rotatable bonds is 5. The molecule has 6 nitrogen and oxygen atoms in total. The number of hydrogen-bond acceptors (Lipinski definition) is 4. The molecule has 1 rings (SSSR count). The Morgan fingerprint density at radius 2 is 2.10 bits per heavy atom. The van der Waals surface area contributed by atoms with E-state index in [1.165, 1.54) is 0 Å². The van der Waals surface area contributed by atoms with Crippen molar-refractivity contribution in [2.75, 3.05) is 12.3 Å². The number of anilines is 1. The number of benzene rings is 1. The van der Waals surface area contributed by atoms with Crippen LogP contribution in [0.3, 0.4) is 0 Å². The number of carbonyl (C=O) groups excluding carboxylic acids is 1. The van der Waals surface area contributed by atoms with Gasteiger partial charge in [-0.1, -0.05) is 20.8 Å².